The third-order valence-electron chi connectivity index (χ3n) is 3.67. The zero-order valence-electron chi connectivity index (χ0n) is 11.4. The number of carbonyl (C=O) groups is 1. The van der Waals surface area contributed by atoms with E-state index in [-0.39, 0.29) is 11.9 Å². The summed E-state index contributed by atoms with van der Waals surface area (Å²) in [5.41, 5.74) is 6.33. The number of aromatic nitrogens is 1. The van der Waals surface area contributed by atoms with E-state index in [0.29, 0.717) is 12.2 Å². The Hall–Kier alpha value is -0.760. The van der Waals surface area contributed by atoms with Crippen LogP contribution in [-0.2, 0) is 0 Å². The van der Waals surface area contributed by atoms with Gasteiger partial charge < -0.3 is 10.6 Å². The van der Waals surface area contributed by atoms with Crippen molar-refractivity contribution in [2.24, 2.45) is 5.73 Å². The first-order chi connectivity index (χ1) is 10.2. The fraction of sp³-hybridized carbons (Fsp3) is 0.429. The molecule has 1 fully saturated rings. The third-order valence-corrected chi connectivity index (χ3v) is 6.30. The fourth-order valence-corrected chi connectivity index (χ4v) is 4.83. The topological polar surface area (TPSA) is 59.2 Å². The summed E-state index contributed by atoms with van der Waals surface area (Å²) in [5.74, 6) is 0.0169. The Morgan fingerprint density at radius 2 is 2.33 bits per heavy atom. The molecule has 2 aromatic rings. The Morgan fingerprint density at radius 1 is 1.48 bits per heavy atom. The van der Waals surface area contributed by atoms with Crippen LogP contribution in [0, 0.1) is 0 Å². The second-order valence-electron chi connectivity index (χ2n) is 5.03. The van der Waals surface area contributed by atoms with Crippen LogP contribution in [0.25, 0.3) is 9.88 Å². The number of rotatable bonds is 3. The Kier molecular flexibility index (Phi) is 4.73. The molecule has 7 heteroatoms. The first-order valence-corrected chi connectivity index (χ1v) is 9.40. The van der Waals surface area contributed by atoms with Crippen molar-refractivity contribution in [3.05, 3.63) is 27.0 Å². The number of thiophene rings is 1. The van der Waals surface area contributed by atoms with E-state index in [2.05, 4.69) is 20.9 Å². The Morgan fingerprint density at radius 3 is 3.05 bits per heavy atom. The summed E-state index contributed by atoms with van der Waals surface area (Å²) < 4.78 is 1.07. The highest BCUT2D eigenvalue weighted by molar-refractivity contribution is 9.11. The van der Waals surface area contributed by atoms with E-state index in [9.17, 15) is 4.79 Å². The minimum atomic E-state index is 0.0169. The van der Waals surface area contributed by atoms with Gasteiger partial charge in [0, 0.05) is 24.5 Å². The molecule has 0 radical (unpaired) electrons. The van der Waals surface area contributed by atoms with Crippen LogP contribution in [0.1, 0.15) is 29.8 Å². The number of hydrogen-bond donors (Lipinski definition) is 1. The van der Waals surface area contributed by atoms with Gasteiger partial charge in [0.2, 0.25) is 0 Å². The molecule has 3 rings (SSSR count). The largest absolute Gasteiger partial charge is 0.333 e. The Labute approximate surface area is 140 Å². The normalized spacial score (nSPS) is 19.0. The van der Waals surface area contributed by atoms with Crippen LogP contribution in [0.3, 0.4) is 0 Å². The summed E-state index contributed by atoms with van der Waals surface area (Å²) in [5, 5.41) is 2.75. The molecule has 0 bridgehead atoms. The van der Waals surface area contributed by atoms with Gasteiger partial charge in [-0.2, -0.15) is 0 Å². The van der Waals surface area contributed by atoms with Crippen LogP contribution < -0.4 is 5.73 Å². The molecule has 1 atom stereocenters. The number of piperidine rings is 1. The van der Waals surface area contributed by atoms with Crippen LogP contribution in [0.2, 0.25) is 0 Å². The SMILES string of the molecule is NCC1CCCCN1C(=O)c1csc(-c2ccc(Br)s2)n1. The van der Waals surface area contributed by atoms with Crippen molar-refractivity contribution in [3.63, 3.8) is 0 Å². The number of halogens is 1. The third kappa shape index (κ3) is 3.21. The van der Waals surface area contributed by atoms with E-state index in [0.717, 1.165) is 39.5 Å². The summed E-state index contributed by atoms with van der Waals surface area (Å²) in [4.78, 5) is 20.1. The quantitative estimate of drug-likeness (QED) is 0.877. The number of likely N-dealkylation sites (tertiary alicyclic amines) is 1. The van der Waals surface area contributed by atoms with Gasteiger partial charge in [-0.1, -0.05) is 0 Å². The summed E-state index contributed by atoms with van der Waals surface area (Å²) >= 11 is 6.59. The van der Waals surface area contributed by atoms with Crippen molar-refractivity contribution < 1.29 is 4.79 Å². The molecule has 21 heavy (non-hydrogen) atoms. The first kappa shape index (κ1) is 15.1. The molecule has 2 N–H and O–H groups in total. The highest BCUT2D eigenvalue weighted by Crippen LogP contribution is 2.33. The van der Waals surface area contributed by atoms with Gasteiger partial charge in [-0.05, 0) is 47.3 Å². The van der Waals surface area contributed by atoms with E-state index >= 15 is 0 Å². The van der Waals surface area contributed by atoms with E-state index in [1.807, 2.05) is 22.4 Å². The predicted octanol–water partition coefficient (Wildman–Crippen LogP) is 3.59. The molecule has 1 aliphatic rings. The Bertz CT molecular complexity index is 640. The second-order valence-corrected chi connectivity index (χ2v) is 8.35. The number of nitrogens with two attached hydrogens (primary N) is 1. The predicted molar refractivity (Wildman–Crippen MR) is 90.9 cm³/mol. The van der Waals surface area contributed by atoms with E-state index in [1.54, 1.807) is 11.3 Å². The molecule has 1 amide bonds. The van der Waals surface area contributed by atoms with Gasteiger partial charge in [0.15, 0.2) is 0 Å². The first-order valence-electron chi connectivity index (χ1n) is 6.91. The van der Waals surface area contributed by atoms with E-state index < -0.39 is 0 Å². The standard InChI is InChI=1S/C14H16BrN3OS2/c15-12-5-4-11(21-12)13-17-10(8-20-13)14(19)18-6-2-1-3-9(18)7-16/h4-5,8-9H,1-3,6-7,16H2. The maximum absolute atomic E-state index is 12.6. The van der Waals surface area contributed by atoms with Gasteiger partial charge in [-0.3, -0.25) is 4.79 Å². The molecule has 0 aliphatic carbocycles. The van der Waals surface area contributed by atoms with Gasteiger partial charge in [0.1, 0.15) is 10.7 Å². The maximum Gasteiger partial charge on any atom is 0.273 e. The maximum atomic E-state index is 12.6. The van der Waals surface area contributed by atoms with Crippen molar-refractivity contribution in [2.45, 2.75) is 25.3 Å². The minimum Gasteiger partial charge on any atom is -0.333 e. The molecule has 1 saturated heterocycles. The van der Waals surface area contributed by atoms with Gasteiger partial charge in [-0.15, -0.1) is 22.7 Å². The average molecular weight is 386 g/mol. The number of amides is 1. The van der Waals surface area contributed by atoms with Crippen molar-refractivity contribution in [1.29, 1.82) is 0 Å². The molecule has 0 saturated carbocycles. The number of thiazole rings is 1. The summed E-state index contributed by atoms with van der Waals surface area (Å²) in [6, 6.07) is 4.18. The highest BCUT2D eigenvalue weighted by atomic mass is 79.9. The molecule has 2 aromatic heterocycles. The number of carbonyl (C=O) groups excluding carboxylic acids is 1. The average Bonchev–Trinajstić information content (AvgIpc) is 3.15. The lowest BCUT2D eigenvalue weighted by Crippen LogP contribution is -2.47. The van der Waals surface area contributed by atoms with E-state index in [1.165, 1.54) is 11.3 Å². The zero-order chi connectivity index (χ0) is 14.8. The summed E-state index contributed by atoms with van der Waals surface area (Å²) in [6.45, 7) is 1.32. The van der Waals surface area contributed by atoms with Gasteiger partial charge >= 0.3 is 0 Å². The number of nitrogens with zero attached hydrogens (tertiary/aromatic N) is 2. The molecular formula is C14H16BrN3OS2. The lowest BCUT2D eigenvalue weighted by molar-refractivity contribution is 0.0618. The molecule has 4 nitrogen and oxygen atoms in total. The summed E-state index contributed by atoms with van der Waals surface area (Å²) in [7, 11) is 0. The smallest absolute Gasteiger partial charge is 0.273 e. The van der Waals surface area contributed by atoms with E-state index in [4.69, 9.17) is 5.73 Å². The van der Waals surface area contributed by atoms with Gasteiger partial charge in [0.05, 0.1) is 8.66 Å². The molecule has 1 unspecified atom stereocenters. The molecule has 1 aliphatic heterocycles. The van der Waals surface area contributed by atoms with Crippen LogP contribution >= 0.6 is 38.6 Å². The van der Waals surface area contributed by atoms with Gasteiger partial charge in [0.25, 0.3) is 5.91 Å². The number of hydrogen-bond acceptors (Lipinski definition) is 5. The van der Waals surface area contributed by atoms with Crippen LogP contribution in [0.5, 0.6) is 0 Å². The summed E-state index contributed by atoms with van der Waals surface area (Å²) in [6.07, 6.45) is 3.20. The Balaban J connectivity index is 1.80. The lowest BCUT2D eigenvalue weighted by Gasteiger charge is -2.34. The zero-order valence-corrected chi connectivity index (χ0v) is 14.6. The lowest BCUT2D eigenvalue weighted by atomic mass is 10.0. The van der Waals surface area contributed by atoms with Crippen LogP contribution in [-0.4, -0.2) is 34.9 Å². The molecule has 3 heterocycles. The van der Waals surface area contributed by atoms with Crippen LogP contribution in [0.4, 0.5) is 0 Å². The molecule has 0 spiro atoms. The monoisotopic (exact) mass is 385 g/mol. The fourth-order valence-electron chi connectivity index (χ4n) is 2.57. The van der Waals surface area contributed by atoms with Gasteiger partial charge in [-0.25, -0.2) is 4.98 Å². The second kappa shape index (κ2) is 6.56. The molecule has 112 valence electrons. The highest BCUT2D eigenvalue weighted by Gasteiger charge is 2.28. The molecular weight excluding hydrogens is 370 g/mol. The van der Waals surface area contributed by atoms with Crippen molar-refractivity contribution in [2.75, 3.05) is 13.1 Å². The van der Waals surface area contributed by atoms with Crippen molar-refractivity contribution >= 4 is 44.5 Å². The minimum absolute atomic E-state index is 0.0169. The molecule has 0 aromatic carbocycles. The van der Waals surface area contributed by atoms with Crippen LogP contribution in [0.15, 0.2) is 21.3 Å². The van der Waals surface area contributed by atoms with Crippen molar-refractivity contribution in [3.8, 4) is 9.88 Å². The van der Waals surface area contributed by atoms with Crippen molar-refractivity contribution in [1.82, 2.24) is 9.88 Å².